The van der Waals surface area contributed by atoms with Gasteiger partial charge in [0.05, 0.1) is 12.5 Å². The number of nitrogen functional groups attached to an aromatic ring is 1. The molecule has 0 saturated heterocycles. The number of fused-ring (bicyclic) bond motifs is 1. The van der Waals surface area contributed by atoms with E-state index >= 15 is 0 Å². The van der Waals surface area contributed by atoms with Crippen LogP contribution in [-0.4, -0.2) is 24.7 Å². The summed E-state index contributed by atoms with van der Waals surface area (Å²) in [5, 5.41) is 7.92. The van der Waals surface area contributed by atoms with Crippen molar-refractivity contribution in [3.05, 3.63) is 36.7 Å². The third-order valence-corrected chi connectivity index (χ3v) is 2.78. The normalized spacial score (nSPS) is 11.2. The fourth-order valence-electron chi connectivity index (χ4n) is 1.89. The second-order valence-electron chi connectivity index (χ2n) is 4.06. The summed E-state index contributed by atoms with van der Waals surface area (Å²) in [5.41, 5.74) is 7.03. The number of rotatable bonds is 2. The minimum Gasteiger partial charge on any atom is -0.461 e. The molecule has 4 aromatic heterocycles. The van der Waals surface area contributed by atoms with E-state index in [2.05, 4.69) is 20.2 Å². The van der Waals surface area contributed by atoms with Crippen molar-refractivity contribution in [2.75, 3.05) is 5.73 Å². The molecule has 0 aliphatic carbocycles. The summed E-state index contributed by atoms with van der Waals surface area (Å²) in [5.74, 6) is 1.70. The van der Waals surface area contributed by atoms with Crippen molar-refractivity contribution in [2.45, 2.75) is 0 Å². The highest BCUT2D eigenvalue weighted by Gasteiger charge is 2.14. The van der Waals surface area contributed by atoms with E-state index < -0.39 is 0 Å². The van der Waals surface area contributed by atoms with E-state index in [0.29, 0.717) is 28.7 Å². The summed E-state index contributed by atoms with van der Waals surface area (Å²) in [7, 11) is 0. The highest BCUT2D eigenvalue weighted by atomic mass is 16.5. The van der Waals surface area contributed by atoms with Gasteiger partial charge in [-0.3, -0.25) is 0 Å². The lowest BCUT2D eigenvalue weighted by atomic mass is 10.3. The van der Waals surface area contributed by atoms with Crippen molar-refractivity contribution < 1.29 is 8.94 Å². The fourth-order valence-corrected chi connectivity index (χ4v) is 1.89. The third kappa shape index (κ3) is 1.55. The molecule has 4 heterocycles. The SMILES string of the molecule is Nc1nc(-c2ccco2)nc2cc(-c3ccno3)nn12. The average Bonchev–Trinajstić information content (AvgIpc) is 3.19. The molecule has 0 aromatic carbocycles. The molecule has 0 radical (unpaired) electrons. The van der Waals surface area contributed by atoms with Gasteiger partial charge in [-0.05, 0) is 12.1 Å². The number of nitrogens with zero attached hydrogens (tertiary/aromatic N) is 5. The lowest BCUT2D eigenvalue weighted by Gasteiger charge is -2.00. The minimum atomic E-state index is 0.215. The Morgan fingerprint density at radius 2 is 2.10 bits per heavy atom. The predicted molar refractivity (Wildman–Crippen MR) is 68.4 cm³/mol. The molecule has 0 spiro atoms. The first kappa shape index (κ1) is 10.7. The van der Waals surface area contributed by atoms with Crippen molar-refractivity contribution in [1.29, 1.82) is 0 Å². The van der Waals surface area contributed by atoms with Gasteiger partial charge in [0.1, 0.15) is 5.69 Å². The van der Waals surface area contributed by atoms with Crippen LogP contribution in [0.3, 0.4) is 0 Å². The Balaban J connectivity index is 1.92. The zero-order valence-electron chi connectivity index (χ0n) is 10.1. The topological polar surface area (TPSA) is 108 Å². The molecule has 0 aliphatic heterocycles. The third-order valence-electron chi connectivity index (χ3n) is 2.78. The number of furan rings is 1. The van der Waals surface area contributed by atoms with E-state index in [4.69, 9.17) is 14.7 Å². The Hall–Kier alpha value is -3.16. The molecule has 4 aromatic rings. The Morgan fingerprint density at radius 1 is 1.15 bits per heavy atom. The molecule has 8 heteroatoms. The van der Waals surface area contributed by atoms with Gasteiger partial charge in [0.25, 0.3) is 0 Å². The standard InChI is InChI=1S/C12H8N6O2/c13-12-16-11(9-2-1-5-19-9)15-10-6-7(17-18(10)12)8-3-4-14-20-8/h1-6H,(H2,13,15,16). The van der Waals surface area contributed by atoms with E-state index in [1.807, 2.05) is 0 Å². The quantitative estimate of drug-likeness (QED) is 0.588. The summed E-state index contributed by atoms with van der Waals surface area (Å²) in [4.78, 5) is 8.53. The van der Waals surface area contributed by atoms with E-state index in [-0.39, 0.29) is 5.95 Å². The van der Waals surface area contributed by atoms with E-state index in [1.165, 1.54) is 4.52 Å². The summed E-state index contributed by atoms with van der Waals surface area (Å²) in [6.45, 7) is 0. The molecule has 20 heavy (non-hydrogen) atoms. The summed E-state index contributed by atoms with van der Waals surface area (Å²) in [6.07, 6.45) is 3.10. The van der Waals surface area contributed by atoms with Gasteiger partial charge < -0.3 is 14.7 Å². The molecule has 2 N–H and O–H groups in total. The van der Waals surface area contributed by atoms with Crippen LogP contribution in [0, 0.1) is 0 Å². The average molecular weight is 268 g/mol. The zero-order valence-corrected chi connectivity index (χ0v) is 10.1. The minimum absolute atomic E-state index is 0.215. The van der Waals surface area contributed by atoms with Gasteiger partial charge in [-0.1, -0.05) is 5.16 Å². The summed E-state index contributed by atoms with van der Waals surface area (Å²) in [6, 6.07) is 6.97. The smallest absolute Gasteiger partial charge is 0.225 e. The van der Waals surface area contributed by atoms with Gasteiger partial charge in [-0.25, -0.2) is 4.98 Å². The Morgan fingerprint density at radius 3 is 2.85 bits per heavy atom. The highest BCUT2D eigenvalue weighted by molar-refractivity contribution is 5.62. The number of hydrogen-bond donors (Lipinski definition) is 1. The highest BCUT2D eigenvalue weighted by Crippen LogP contribution is 2.22. The van der Waals surface area contributed by atoms with E-state index in [1.54, 1.807) is 36.7 Å². The molecule has 0 atom stereocenters. The molecule has 0 bridgehead atoms. The molecule has 0 fully saturated rings. The Bertz CT molecular complexity index is 863. The van der Waals surface area contributed by atoms with Crippen LogP contribution >= 0.6 is 0 Å². The number of anilines is 1. The Kier molecular flexibility index (Phi) is 2.10. The molecule has 0 unspecified atom stereocenters. The van der Waals surface area contributed by atoms with E-state index in [9.17, 15) is 0 Å². The first-order chi connectivity index (χ1) is 9.81. The molecule has 98 valence electrons. The molecule has 0 aliphatic rings. The zero-order chi connectivity index (χ0) is 13.5. The predicted octanol–water partition coefficient (Wildman–Crippen LogP) is 1.62. The lowest BCUT2D eigenvalue weighted by molar-refractivity contribution is 0.431. The van der Waals surface area contributed by atoms with Crippen LogP contribution in [0.2, 0.25) is 0 Å². The maximum Gasteiger partial charge on any atom is 0.225 e. The van der Waals surface area contributed by atoms with Gasteiger partial charge >= 0.3 is 0 Å². The summed E-state index contributed by atoms with van der Waals surface area (Å²) < 4.78 is 11.8. The van der Waals surface area contributed by atoms with Crippen molar-refractivity contribution in [3.8, 4) is 23.0 Å². The lowest BCUT2D eigenvalue weighted by Crippen LogP contribution is -2.04. The monoisotopic (exact) mass is 268 g/mol. The van der Waals surface area contributed by atoms with Crippen molar-refractivity contribution in [1.82, 2.24) is 24.7 Å². The van der Waals surface area contributed by atoms with Crippen molar-refractivity contribution >= 4 is 11.6 Å². The van der Waals surface area contributed by atoms with Crippen LogP contribution in [0.5, 0.6) is 0 Å². The second-order valence-corrected chi connectivity index (χ2v) is 4.06. The molecular formula is C12H8N6O2. The number of nitrogens with two attached hydrogens (primary N) is 1. The second kappa shape index (κ2) is 3.92. The van der Waals surface area contributed by atoms with Gasteiger partial charge in [-0.15, -0.1) is 0 Å². The molecule has 0 amide bonds. The molecule has 4 rings (SSSR count). The number of hydrogen-bond acceptors (Lipinski definition) is 7. The first-order valence-corrected chi connectivity index (χ1v) is 5.79. The van der Waals surface area contributed by atoms with Crippen molar-refractivity contribution in [2.24, 2.45) is 0 Å². The van der Waals surface area contributed by atoms with Gasteiger partial charge in [0.15, 0.2) is 17.2 Å². The van der Waals surface area contributed by atoms with Crippen LogP contribution < -0.4 is 5.73 Å². The number of aromatic nitrogens is 5. The first-order valence-electron chi connectivity index (χ1n) is 5.79. The van der Waals surface area contributed by atoms with Crippen LogP contribution in [0.1, 0.15) is 0 Å². The maximum atomic E-state index is 5.89. The van der Waals surface area contributed by atoms with Crippen LogP contribution in [0.4, 0.5) is 5.95 Å². The largest absolute Gasteiger partial charge is 0.461 e. The molecule has 0 saturated carbocycles. The van der Waals surface area contributed by atoms with Gasteiger partial charge in [-0.2, -0.15) is 14.6 Å². The maximum absolute atomic E-state index is 5.89. The Labute approximate surface area is 111 Å². The summed E-state index contributed by atoms with van der Waals surface area (Å²) >= 11 is 0. The van der Waals surface area contributed by atoms with Crippen LogP contribution in [0.15, 0.2) is 45.7 Å². The van der Waals surface area contributed by atoms with Crippen LogP contribution in [0.25, 0.3) is 28.7 Å². The van der Waals surface area contributed by atoms with E-state index in [0.717, 1.165) is 0 Å². The molecular weight excluding hydrogens is 260 g/mol. The van der Waals surface area contributed by atoms with Gasteiger partial charge in [0.2, 0.25) is 11.8 Å². The molecule has 8 nitrogen and oxygen atoms in total. The van der Waals surface area contributed by atoms with Gasteiger partial charge in [0, 0.05) is 12.1 Å². The fraction of sp³-hybridized carbons (Fsp3) is 0. The van der Waals surface area contributed by atoms with Crippen LogP contribution in [-0.2, 0) is 0 Å². The van der Waals surface area contributed by atoms with Crippen molar-refractivity contribution in [3.63, 3.8) is 0 Å².